The second kappa shape index (κ2) is 5.61. The Morgan fingerprint density at radius 1 is 1.50 bits per heavy atom. The first-order valence-electron chi connectivity index (χ1n) is 5.74. The van der Waals surface area contributed by atoms with Crippen LogP contribution in [0.3, 0.4) is 0 Å². The predicted octanol–water partition coefficient (Wildman–Crippen LogP) is 3.88. The zero-order valence-electron chi connectivity index (χ0n) is 9.34. The Hall–Kier alpha value is 0.0700. The lowest BCUT2D eigenvalue weighted by Crippen LogP contribution is -2.18. The first-order valence-corrected chi connectivity index (χ1v) is 7.32. The quantitative estimate of drug-likeness (QED) is 0.874. The van der Waals surface area contributed by atoms with Crippen molar-refractivity contribution in [3.8, 4) is 0 Å². The monoisotopic (exact) mass is 346 g/mol. The molecule has 1 saturated carbocycles. The smallest absolute Gasteiger partial charge is 0.0684 e. The molecule has 0 saturated heterocycles. The molecule has 1 aliphatic carbocycles. The van der Waals surface area contributed by atoms with Crippen LogP contribution in [0.1, 0.15) is 31.9 Å². The van der Waals surface area contributed by atoms with E-state index in [9.17, 15) is 0 Å². The molecule has 88 valence electrons. The zero-order valence-corrected chi connectivity index (χ0v) is 12.5. The van der Waals surface area contributed by atoms with Gasteiger partial charge in [-0.15, -0.1) is 0 Å². The van der Waals surface area contributed by atoms with E-state index in [0.29, 0.717) is 0 Å². The SMILES string of the molecule is CCCC1CC1NCc1ncc(Br)cc1Br. The first kappa shape index (κ1) is 12.5. The van der Waals surface area contributed by atoms with E-state index in [4.69, 9.17) is 0 Å². The van der Waals surface area contributed by atoms with Gasteiger partial charge in [0.05, 0.1) is 5.69 Å². The van der Waals surface area contributed by atoms with E-state index in [2.05, 4.69) is 49.1 Å². The Balaban J connectivity index is 1.82. The highest BCUT2D eigenvalue weighted by molar-refractivity contribution is 9.11. The third-order valence-corrected chi connectivity index (χ3v) is 4.12. The van der Waals surface area contributed by atoms with Crippen LogP contribution in [0.25, 0.3) is 0 Å². The van der Waals surface area contributed by atoms with Crippen molar-refractivity contribution >= 4 is 31.9 Å². The lowest BCUT2D eigenvalue weighted by atomic mass is 10.2. The van der Waals surface area contributed by atoms with Crippen molar-refractivity contribution in [2.45, 2.75) is 38.8 Å². The molecule has 0 amide bonds. The molecule has 0 aliphatic heterocycles. The van der Waals surface area contributed by atoms with Gasteiger partial charge in [-0.1, -0.05) is 13.3 Å². The van der Waals surface area contributed by atoms with Crippen LogP contribution < -0.4 is 5.32 Å². The van der Waals surface area contributed by atoms with Gasteiger partial charge in [-0.05, 0) is 56.7 Å². The van der Waals surface area contributed by atoms with Crippen LogP contribution >= 0.6 is 31.9 Å². The average molecular weight is 348 g/mol. The molecule has 2 atom stereocenters. The van der Waals surface area contributed by atoms with Crippen LogP contribution in [0.4, 0.5) is 0 Å². The molecule has 1 fully saturated rings. The van der Waals surface area contributed by atoms with Crippen molar-refractivity contribution in [3.05, 3.63) is 26.9 Å². The number of halogens is 2. The lowest BCUT2D eigenvalue weighted by molar-refractivity contribution is 0.593. The molecule has 4 heteroatoms. The Kier molecular flexibility index (Phi) is 4.39. The summed E-state index contributed by atoms with van der Waals surface area (Å²) in [6.45, 7) is 3.11. The topological polar surface area (TPSA) is 24.9 Å². The molecule has 0 bridgehead atoms. The maximum absolute atomic E-state index is 4.39. The van der Waals surface area contributed by atoms with Crippen molar-refractivity contribution in [2.75, 3.05) is 0 Å². The van der Waals surface area contributed by atoms with Gasteiger partial charge in [-0.25, -0.2) is 0 Å². The number of hydrogen-bond donors (Lipinski definition) is 1. The van der Waals surface area contributed by atoms with Gasteiger partial charge < -0.3 is 5.32 Å². The Morgan fingerprint density at radius 3 is 3.00 bits per heavy atom. The van der Waals surface area contributed by atoms with E-state index in [0.717, 1.165) is 33.1 Å². The summed E-state index contributed by atoms with van der Waals surface area (Å²) >= 11 is 6.94. The first-order chi connectivity index (χ1) is 7.70. The van der Waals surface area contributed by atoms with Crippen LogP contribution in [0.15, 0.2) is 21.2 Å². The molecule has 1 N–H and O–H groups in total. The third-order valence-electron chi connectivity index (χ3n) is 3.00. The number of rotatable bonds is 5. The fraction of sp³-hybridized carbons (Fsp3) is 0.583. The van der Waals surface area contributed by atoms with Crippen LogP contribution in [0.5, 0.6) is 0 Å². The summed E-state index contributed by atoms with van der Waals surface area (Å²) < 4.78 is 2.08. The largest absolute Gasteiger partial charge is 0.308 e. The fourth-order valence-corrected chi connectivity index (χ4v) is 3.12. The zero-order chi connectivity index (χ0) is 11.5. The van der Waals surface area contributed by atoms with Gasteiger partial charge in [-0.2, -0.15) is 0 Å². The van der Waals surface area contributed by atoms with Gasteiger partial charge in [0, 0.05) is 27.7 Å². The molecular weight excluding hydrogens is 332 g/mol. The highest BCUT2D eigenvalue weighted by atomic mass is 79.9. The summed E-state index contributed by atoms with van der Waals surface area (Å²) in [6.07, 6.45) is 5.83. The minimum atomic E-state index is 0.720. The number of pyridine rings is 1. The van der Waals surface area contributed by atoms with E-state index >= 15 is 0 Å². The summed E-state index contributed by atoms with van der Waals surface area (Å²) in [5.41, 5.74) is 1.09. The van der Waals surface area contributed by atoms with E-state index in [1.807, 2.05) is 12.3 Å². The molecule has 2 unspecified atom stereocenters. The van der Waals surface area contributed by atoms with Crippen LogP contribution in [-0.4, -0.2) is 11.0 Å². The second-order valence-corrected chi connectivity index (χ2v) is 6.12. The third kappa shape index (κ3) is 3.28. The van der Waals surface area contributed by atoms with Gasteiger partial charge in [0.25, 0.3) is 0 Å². The second-order valence-electron chi connectivity index (χ2n) is 4.35. The highest BCUT2D eigenvalue weighted by Crippen LogP contribution is 2.34. The molecule has 1 aliphatic rings. The van der Waals surface area contributed by atoms with Gasteiger partial charge in [0.1, 0.15) is 0 Å². The number of aromatic nitrogens is 1. The van der Waals surface area contributed by atoms with E-state index < -0.39 is 0 Å². The van der Waals surface area contributed by atoms with Crippen molar-refractivity contribution in [1.82, 2.24) is 10.3 Å². The molecule has 16 heavy (non-hydrogen) atoms. The van der Waals surface area contributed by atoms with Gasteiger partial charge in [0.2, 0.25) is 0 Å². The van der Waals surface area contributed by atoms with E-state index in [1.165, 1.54) is 19.3 Å². The molecule has 0 radical (unpaired) electrons. The fourth-order valence-electron chi connectivity index (χ4n) is 1.99. The molecule has 1 aromatic heterocycles. The van der Waals surface area contributed by atoms with Crippen LogP contribution in [0.2, 0.25) is 0 Å². The van der Waals surface area contributed by atoms with Gasteiger partial charge in [-0.3, -0.25) is 4.98 Å². The summed E-state index contributed by atoms with van der Waals surface area (Å²) in [5.74, 6) is 0.902. The number of nitrogens with one attached hydrogen (secondary N) is 1. The van der Waals surface area contributed by atoms with Gasteiger partial charge in [0.15, 0.2) is 0 Å². The summed E-state index contributed by atoms with van der Waals surface area (Å²) in [4.78, 5) is 4.39. The standard InChI is InChI=1S/C12H16Br2N2/c1-2-3-8-4-11(8)16-7-12-10(14)5-9(13)6-15-12/h5-6,8,11,16H,2-4,7H2,1H3. The molecule has 0 spiro atoms. The number of nitrogens with zero attached hydrogens (tertiary/aromatic N) is 1. The van der Waals surface area contributed by atoms with Crippen molar-refractivity contribution in [2.24, 2.45) is 5.92 Å². The summed E-state index contributed by atoms with van der Waals surface area (Å²) in [5, 5.41) is 3.56. The van der Waals surface area contributed by atoms with Crippen LogP contribution in [0, 0.1) is 5.92 Å². The van der Waals surface area contributed by atoms with Crippen molar-refractivity contribution < 1.29 is 0 Å². The molecule has 2 rings (SSSR count). The molecular formula is C12H16Br2N2. The van der Waals surface area contributed by atoms with Crippen molar-refractivity contribution in [3.63, 3.8) is 0 Å². The average Bonchev–Trinajstić information content (AvgIpc) is 2.96. The number of hydrogen-bond acceptors (Lipinski definition) is 2. The van der Waals surface area contributed by atoms with E-state index in [1.54, 1.807) is 0 Å². The minimum absolute atomic E-state index is 0.720. The van der Waals surface area contributed by atoms with Crippen molar-refractivity contribution in [1.29, 1.82) is 0 Å². The van der Waals surface area contributed by atoms with Gasteiger partial charge >= 0.3 is 0 Å². The summed E-state index contributed by atoms with van der Waals surface area (Å²) in [7, 11) is 0. The Labute approximate surface area is 113 Å². The predicted molar refractivity (Wildman–Crippen MR) is 73.3 cm³/mol. The molecule has 1 aromatic rings. The normalized spacial score (nSPS) is 23.4. The summed E-state index contributed by atoms with van der Waals surface area (Å²) in [6, 6.07) is 2.76. The Bertz CT molecular complexity index is 368. The molecule has 0 aromatic carbocycles. The van der Waals surface area contributed by atoms with Crippen LogP contribution in [-0.2, 0) is 6.54 Å². The maximum atomic E-state index is 4.39. The molecule has 1 heterocycles. The maximum Gasteiger partial charge on any atom is 0.0684 e. The molecule has 2 nitrogen and oxygen atoms in total. The minimum Gasteiger partial charge on any atom is -0.308 e. The Morgan fingerprint density at radius 2 is 2.31 bits per heavy atom. The van der Waals surface area contributed by atoms with E-state index in [-0.39, 0.29) is 0 Å². The lowest BCUT2D eigenvalue weighted by Gasteiger charge is -2.06. The highest BCUT2D eigenvalue weighted by Gasteiger charge is 2.35.